The third-order valence-corrected chi connectivity index (χ3v) is 7.19. The van der Waals surface area contributed by atoms with Gasteiger partial charge in [-0.15, -0.1) is 5.10 Å². The molecule has 0 radical (unpaired) electrons. The predicted molar refractivity (Wildman–Crippen MR) is 112 cm³/mol. The van der Waals surface area contributed by atoms with Crippen molar-refractivity contribution in [3.8, 4) is 16.6 Å². The van der Waals surface area contributed by atoms with Crippen LogP contribution < -0.4 is 0 Å². The van der Waals surface area contributed by atoms with Crippen LogP contribution in [0.5, 0.6) is 5.19 Å². The first kappa shape index (κ1) is 22.7. The number of nitrogens with zero attached hydrogens (tertiary/aromatic N) is 4. The van der Waals surface area contributed by atoms with Crippen LogP contribution in [0, 0.1) is 5.82 Å². The third-order valence-electron chi connectivity index (χ3n) is 4.64. The summed E-state index contributed by atoms with van der Waals surface area (Å²) >= 11 is 13.6. The van der Waals surface area contributed by atoms with Crippen LogP contribution in [0.1, 0.15) is 6.04 Å². The Labute approximate surface area is 193 Å². The molecule has 166 valence electrons. The van der Waals surface area contributed by atoms with Crippen LogP contribution in [-0.4, -0.2) is 70.8 Å². The van der Waals surface area contributed by atoms with E-state index >= 15 is 0 Å². The third kappa shape index (κ3) is 4.52. The van der Waals surface area contributed by atoms with Gasteiger partial charge >= 0.3 is 0 Å². The molecular weight excluding hydrogens is 494 g/mol. The summed E-state index contributed by atoms with van der Waals surface area (Å²) in [5.74, 6) is -0.662. The van der Waals surface area contributed by atoms with Crippen molar-refractivity contribution in [3.63, 3.8) is 0 Å². The lowest BCUT2D eigenvalue weighted by Crippen LogP contribution is -2.55. The Bertz CT molecular complexity index is 1090. The highest BCUT2D eigenvalue weighted by molar-refractivity contribution is 7.99. The molecule has 1 aliphatic rings. The number of aliphatic hydroxyl groups is 3. The predicted octanol–water partition coefficient (Wildman–Crippen LogP) is 2.33. The molecule has 3 heterocycles. The van der Waals surface area contributed by atoms with Crippen molar-refractivity contribution in [1.29, 1.82) is 0 Å². The molecule has 3 aromatic rings. The van der Waals surface area contributed by atoms with Gasteiger partial charge in [0.25, 0.3) is 5.19 Å². The van der Waals surface area contributed by atoms with E-state index in [9.17, 15) is 24.8 Å². The number of thiazole rings is 1. The fourth-order valence-corrected chi connectivity index (χ4v) is 5.15. The SMILES string of the molecule is OCC1OC(Sc2cc(Cl)c(Cl)cc2F)C(O)C(n2cc(-c3csc(O)n3)nn2)C1O. The molecule has 1 saturated heterocycles. The number of benzene rings is 1. The van der Waals surface area contributed by atoms with Gasteiger partial charge in [-0.2, -0.15) is 0 Å². The van der Waals surface area contributed by atoms with Crippen molar-refractivity contribution in [2.45, 2.75) is 34.7 Å². The number of hydrogen-bond donors (Lipinski definition) is 4. The zero-order valence-electron chi connectivity index (χ0n) is 15.3. The topological polar surface area (TPSA) is 134 Å². The van der Waals surface area contributed by atoms with Crippen LogP contribution in [-0.2, 0) is 4.74 Å². The molecule has 31 heavy (non-hydrogen) atoms. The summed E-state index contributed by atoms with van der Waals surface area (Å²) in [6.45, 7) is -0.549. The molecule has 0 spiro atoms. The summed E-state index contributed by atoms with van der Waals surface area (Å²) in [7, 11) is 0. The average molecular weight is 509 g/mol. The minimum Gasteiger partial charge on any atom is -0.486 e. The summed E-state index contributed by atoms with van der Waals surface area (Å²) in [4.78, 5) is 3.98. The van der Waals surface area contributed by atoms with Crippen LogP contribution in [0.25, 0.3) is 11.4 Å². The van der Waals surface area contributed by atoms with E-state index in [0.717, 1.165) is 29.2 Å². The average Bonchev–Trinajstić information content (AvgIpc) is 3.37. The Morgan fingerprint density at radius 2 is 1.94 bits per heavy atom. The Balaban J connectivity index is 1.63. The van der Waals surface area contributed by atoms with Gasteiger partial charge in [0.2, 0.25) is 0 Å². The Hall–Kier alpha value is -1.51. The minimum atomic E-state index is -1.37. The highest BCUT2D eigenvalue weighted by Gasteiger charge is 2.46. The molecule has 4 rings (SSSR count). The molecular formula is C17H15Cl2FN4O5S2. The molecule has 14 heteroatoms. The van der Waals surface area contributed by atoms with Crippen molar-refractivity contribution in [1.82, 2.24) is 20.0 Å². The number of thioether (sulfide) groups is 1. The maximum atomic E-state index is 14.3. The van der Waals surface area contributed by atoms with Crippen LogP contribution in [0.4, 0.5) is 4.39 Å². The summed E-state index contributed by atoms with van der Waals surface area (Å²) in [5, 5.41) is 50.1. The molecule has 0 bridgehead atoms. The number of hydrogen-bond acceptors (Lipinski definition) is 10. The number of aliphatic hydroxyl groups excluding tert-OH is 3. The second-order valence-corrected chi connectivity index (χ2v) is 9.40. The molecule has 9 nitrogen and oxygen atoms in total. The van der Waals surface area contributed by atoms with Crippen LogP contribution in [0.3, 0.4) is 0 Å². The summed E-state index contributed by atoms with van der Waals surface area (Å²) in [5.41, 5.74) is -0.400. The van der Waals surface area contributed by atoms with E-state index in [1.807, 2.05) is 0 Å². The molecule has 4 N–H and O–H groups in total. The molecule has 1 fully saturated rings. The molecule has 0 saturated carbocycles. The summed E-state index contributed by atoms with van der Waals surface area (Å²) in [6.07, 6.45) is -2.34. The van der Waals surface area contributed by atoms with Crippen molar-refractivity contribution >= 4 is 46.3 Å². The fraction of sp³-hybridized carbons (Fsp3) is 0.353. The zero-order chi connectivity index (χ0) is 22.3. The minimum absolute atomic E-state index is 0.0402. The molecule has 0 aliphatic carbocycles. The summed E-state index contributed by atoms with van der Waals surface area (Å²) < 4.78 is 21.2. The zero-order valence-corrected chi connectivity index (χ0v) is 18.5. The van der Waals surface area contributed by atoms with E-state index in [1.165, 1.54) is 16.9 Å². The lowest BCUT2D eigenvalue weighted by Gasteiger charge is -2.41. The first-order valence-corrected chi connectivity index (χ1v) is 11.3. The maximum absolute atomic E-state index is 14.3. The Morgan fingerprint density at radius 3 is 2.61 bits per heavy atom. The van der Waals surface area contributed by atoms with Gasteiger partial charge in [-0.05, 0) is 12.1 Å². The smallest absolute Gasteiger partial charge is 0.271 e. The van der Waals surface area contributed by atoms with Crippen LogP contribution in [0.2, 0.25) is 10.0 Å². The van der Waals surface area contributed by atoms with E-state index in [2.05, 4.69) is 15.3 Å². The Morgan fingerprint density at radius 1 is 1.19 bits per heavy atom. The quantitative estimate of drug-likeness (QED) is 0.383. The number of halogens is 3. The van der Waals surface area contributed by atoms with Gasteiger partial charge in [-0.1, -0.05) is 51.5 Å². The van der Waals surface area contributed by atoms with Crippen molar-refractivity contribution in [3.05, 3.63) is 39.6 Å². The van der Waals surface area contributed by atoms with E-state index in [1.54, 1.807) is 5.38 Å². The molecule has 2 aromatic heterocycles. The molecule has 0 amide bonds. The lowest BCUT2D eigenvalue weighted by molar-refractivity contribution is -0.178. The summed E-state index contributed by atoms with van der Waals surface area (Å²) in [6, 6.07) is 1.28. The number of rotatable bonds is 5. The Kier molecular flexibility index (Phi) is 6.70. The van der Waals surface area contributed by atoms with Gasteiger partial charge in [0.1, 0.15) is 47.0 Å². The normalized spacial score (nSPS) is 26.3. The largest absolute Gasteiger partial charge is 0.486 e. The van der Waals surface area contributed by atoms with Gasteiger partial charge in [0.05, 0.1) is 22.8 Å². The lowest BCUT2D eigenvalue weighted by atomic mass is 9.97. The van der Waals surface area contributed by atoms with Crippen molar-refractivity contribution in [2.75, 3.05) is 6.61 Å². The maximum Gasteiger partial charge on any atom is 0.271 e. The van der Waals surface area contributed by atoms with Crippen molar-refractivity contribution in [2.24, 2.45) is 0 Å². The first-order chi connectivity index (χ1) is 14.8. The van der Waals surface area contributed by atoms with E-state index in [4.69, 9.17) is 27.9 Å². The van der Waals surface area contributed by atoms with E-state index < -0.39 is 42.2 Å². The fourth-order valence-electron chi connectivity index (χ4n) is 3.12. The first-order valence-electron chi connectivity index (χ1n) is 8.79. The second-order valence-electron chi connectivity index (χ2n) is 6.61. The standard InChI is InChI=1S/C17H15Cl2FN4O5S2/c18-6-1-8(20)12(2-7(6)19)31-16-15(27)13(14(26)11(4-25)29-16)24-3-9(22-23-24)10-5-30-17(28)21-10/h1-3,5,11,13-16,25-27H,4H2,(H,21,28). The molecule has 1 aliphatic heterocycles. The number of aromatic hydroxyl groups is 1. The van der Waals surface area contributed by atoms with Crippen LogP contribution in [0.15, 0.2) is 28.6 Å². The molecule has 5 unspecified atom stereocenters. The van der Waals surface area contributed by atoms with Gasteiger partial charge in [-0.25, -0.2) is 14.1 Å². The van der Waals surface area contributed by atoms with Gasteiger partial charge in [0.15, 0.2) is 0 Å². The highest BCUT2D eigenvalue weighted by Crippen LogP contribution is 2.40. The monoisotopic (exact) mass is 508 g/mol. The number of aromatic nitrogens is 4. The van der Waals surface area contributed by atoms with Crippen molar-refractivity contribution < 1.29 is 29.6 Å². The van der Waals surface area contributed by atoms with Gasteiger partial charge < -0.3 is 25.2 Å². The highest BCUT2D eigenvalue weighted by atomic mass is 35.5. The second kappa shape index (κ2) is 9.16. The van der Waals surface area contributed by atoms with E-state index in [0.29, 0.717) is 11.4 Å². The number of ether oxygens (including phenoxy) is 1. The van der Waals surface area contributed by atoms with Gasteiger partial charge in [0, 0.05) is 10.3 Å². The molecule has 5 atom stereocenters. The van der Waals surface area contributed by atoms with Gasteiger partial charge in [-0.3, -0.25) is 0 Å². The van der Waals surface area contributed by atoms with Crippen LogP contribution >= 0.6 is 46.3 Å². The molecule has 1 aromatic carbocycles. The van der Waals surface area contributed by atoms with E-state index in [-0.39, 0.29) is 20.1 Å².